The van der Waals surface area contributed by atoms with Crippen molar-refractivity contribution < 1.29 is 14.3 Å². The third-order valence-electron chi connectivity index (χ3n) is 3.44. The van der Waals surface area contributed by atoms with Crippen molar-refractivity contribution in [2.24, 2.45) is 0 Å². The molecule has 0 aliphatic carbocycles. The molecule has 0 spiro atoms. The molecular weight excluding hydrogens is 290 g/mol. The fraction of sp³-hybridized carbons (Fsp3) is 0.438. The van der Waals surface area contributed by atoms with Gasteiger partial charge in [0, 0.05) is 36.3 Å². The highest BCUT2D eigenvalue weighted by Gasteiger charge is 2.16. The van der Waals surface area contributed by atoms with E-state index in [0.29, 0.717) is 0 Å². The monoisotopic (exact) mass is 309 g/mol. The van der Waals surface area contributed by atoms with E-state index in [2.05, 4.69) is 4.90 Å². The molecule has 0 amide bonds. The van der Waals surface area contributed by atoms with E-state index in [-0.39, 0.29) is 12.6 Å². The van der Waals surface area contributed by atoms with Gasteiger partial charge in [-0.2, -0.15) is 0 Å². The van der Waals surface area contributed by atoms with Gasteiger partial charge in [0.15, 0.2) is 0 Å². The first kappa shape index (κ1) is 15.9. The Morgan fingerprint density at radius 2 is 2.14 bits per heavy atom. The summed E-state index contributed by atoms with van der Waals surface area (Å²) >= 11 is 6.23. The number of carbonyl (C=O) groups is 1. The van der Waals surface area contributed by atoms with Gasteiger partial charge in [-0.3, -0.25) is 4.79 Å². The number of anilines is 1. The van der Waals surface area contributed by atoms with Crippen LogP contribution in [-0.2, 0) is 14.3 Å². The maximum atomic E-state index is 10.8. The van der Waals surface area contributed by atoms with Crippen molar-refractivity contribution >= 4 is 29.3 Å². The van der Waals surface area contributed by atoms with Gasteiger partial charge >= 0.3 is 5.97 Å². The molecule has 1 aliphatic rings. The van der Waals surface area contributed by atoms with Gasteiger partial charge in [0.1, 0.15) is 6.61 Å². The first-order chi connectivity index (χ1) is 10.1. The molecule has 1 saturated heterocycles. The number of esters is 1. The van der Waals surface area contributed by atoms with Crippen LogP contribution in [0.2, 0.25) is 5.02 Å². The van der Waals surface area contributed by atoms with Crippen LogP contribution in [0.5, 0.6) is 0 Å². The summed E-state index contributed by atoms with van der Waals surface area (Å²) < 4.78 is 10.3. The number of morpholine rings is 1. The normalized spacial score (nSPS) is 15.5. The lowest BCUT2D eigenvalue weighted by Gasteiger charge is -2.31. The average molecular weight is 310 g/mol. The van der Waals surface area contributed by atoms with Crippen LogP contribution in [0.3, 0.4) is 0 Å². The van der Waals surface area contributed by atoms with Crippen LogP contribution in [0.1, 0.15) is 18.1 Å². The standard InChI is InChI=1S/C16H20ClNO3/c1-12-14(4-3-9-21-13(2)19)16(6-5-15(12)17)18-7-10-20-11-8-18/h3-6H,7-11H2,1-2H3/b4-3+. The quantitative estimate of drug-likeness (QED) is 0.801. The molecule has 4 nitrogen and oxygen atoms in total. The molecule has 0 bridgehead atoms. The molecule has 5 heteroatoms. The second kappa shape index (κ2) is 7.48. The number of carbonyl (C=O) groups excluding carboxylic acids is 1. The molecule has 1 fully saturated rings. The topological polar surface area (TPSA) is 38.8 Å². The van der Waals surface area contributed by atoms with Crippen LogP contribution >= 0.6 is 11.6 Å². The van der Waals surface area contributed by atoms with Crippen molar-refractivity contribution in [3.8, 4) is 0 Å². The van der Waals surface area contributed by atoms with Crippen molar-refractivity contribution in [2.75, 3.05) is 37.8 Å². The molecule has 2 rings (SSSR count). The van der Waals surface area contributed by atoms with E-state index in [0.717, 1.165) is 48.1 Å². The van der Waals surface area contributed by atoms with E-state index in [1.807, 2.05) is 31.2 Å². The summed E-state index contributed by atoms with van der Waals surface area (Å²) in [6.07, 6.45) is 3.80. The zero-order chi connectivity index (χ0) is 15.2. The van der Waals surface area contributed by atoms with Crippen LogP contribution in [-0.4, -0.2) is 38.9 Å². The smallest absolute Gasteiger partial charge is 0.302 e. The lowest BCUT2D eigenvalue weighted by Crippen LogP contribution is -2.36. The van der Waals surface area contributed by atoms with Crippen molar-refractivity contribution in [1.82, 2.24) is 0 Å². The highest BCUT2D eigenvalue weighted by molar-refractivity contribution is 6.31. The van der Waals surface area contributed by atoms with Crippen LogP contribution in [0.25, 0.3) is 6.08 Å². The third-order valence-corrected chi connectivity index (χ3v) is 3.85. The minimum atomic E-state index is -0.282. The van der Waals surface area contributed by atoms with Crippen molar-refractivity contribution in [3.05, 3.63) is 34.4 Å². The van der Waals surface area contributed by atoms with Gasteiger partial charge in [-0.1, -0.05) is 17.7 Å². The number of nitrogens with zero attached hydrogens (tertiary/aromatic N) is 1. The van der Waals surface area contributed by atoms with E-state index < -0.39 is 0 Å². The Morgan fingerprint density at radius 1 is 1.43 bits per heavy atom. The molecule has 1 aromatic rings. The highest BCUT2D eigenvalue weighted by Crippen LogP contribution is 2.30. The Morgan fingerprint density at radius 3 is 2.81 bits per heavy atom. The van der Waals surface area contributed by atoms with E-state index >= 15 is 0 Å². The van der Waals surface area contributed by atoms with E-state index in [4.69, 9.17) is 21.1 Å². The summed E-state index contributed by atoms with van der Waals surface area (Å²) in [5.74, 6) is -0.282. The number of rotatable bonds is 4. The molecule has 1 heterocycles. The predicted molar refractivity (Wildman–Crippen MR) is 84.9 cm³/mol. The first-order valence-electron chi connectivity index (χ1n) is 7.01. The zero-order valence-corrected chi connectivity index (χ0v) is 13.2. The van der Waals surface area contributed by atoms with Crippen molar-refractivity contribution in [3.63, 3.8) is 0 Å². The number of benzene rings is 1. The minimum Gasteiger partial charge on any atom is -0.462 e. The van der Waals surface area contributed by atoms with Gasteiger partial charge in [-0.25, -0.2) is 0 Å². The van der Waals surface area contributed by atoms with Gasteiger partial charge in [0.25, 0.3) is 0 Å². The second-order valence-corrected chi connectivity index (χ2v) is 5.32. The number of hydrogen-bond donors (Lipinski definition) is 0. The maximum Gasteiger partial charge on any atom is 0.302 e. The Balaban J connectivity index is 2.23. The minimum absolute atomic E-state index is 0.268. The summed E-state index contributed by atoms with van der Waals surface area (Å²) in [6, 6.07) is 3.96. The Labute approximate surface area is 130 Å². The Hall–Kier alpha value is -1.52. The number of hydrogen-bond acceptors (Lipinski definition) is 4. The molecule has 0 saturated carbocycles. The van der Waals surface area contributed by atoms with Gasteiger partial charge in [-0.15, -0.1) is 0 Å². The van der Waals surface area contributed by atoms with E-state index in [1.54, 1.807) is 0 Å². The van der Waals surface area contributed by atoms with Crippen LogP contribution in [0, 0.1) is 6.92 Å². The largest absolute Gasteiger partial charge is 0.462 e. The highest BCUT2D eigenvalue weighted by atomic mass is 35.5. The van der Waals surface area contributed by atoms with Crippen molar-refractivity contribution in [1.29, 1.82) is 0 Å². The lowest BCUT2D eigenvalue weighted by atomic mass is 10.0. The zero-order valence-electron chi connectivity index (χ0n) is 12.4. The average Bonchev–Trinajstić information content (AvgIpc) is 2.48. The maximum absolute atomic E-state index is 10.8. The summed E-state index contributed by atoms with van der Waals surface area (Å²) in [7, 11) is 0. The molecule has 0 radical (unpaired) electrons. The molecule has 1 aliphatic heterocycles. The van der Waals surface area contributed by atoms with E-state index in [9.17, 15) is 4.79 Å². The van der Waals surface area contributed by atoms with Crippen LogP contribution in [0.4, 0.5) is 5.69 Å². The molecule has 114 valence electrons. The van der Waals surface area contributed by atoms with Gasteiger partial charge < -0.3 is 14.4 Å². The molecule has 1 aromatic carbocycles. The molecule has 0 N–H and O–H groups in total. The van der Waals surface area contributed by atoms with E-state index in [1.165, 1.54) is 6.92 Å². The molecular formula is C16H20ClNO3. The summed E-state index contributed by atoms with van der Waals surface area (Å²) in [6.45, 7) is 6.87. The molecule has 21 heavy (non-hydrogen) atoms. The molecule has 0 aromatic heterocycles. The first-order valence-corrected chi connectivity index (χ1v) is 7.39. The molecule has 0 unspecified atom stereocenters. The van der Waals surface area contributed by atoms with Crippen LogP contribution in [0.15, 0.2) is 18.2 Å². The fourth-order valence-corrected chi connectivity index (χ4v) is 2.47. The number of ether oxygens (including phenoxy) is 2. The van der Waals surface area contributed by atoms with Crippen molar-refractivity contribution in [2.45, 2.75) is 13.8 Å². The van der Waals surface area contributed by atoms with Crippen LogP contribution < -0.4 is 4.90 Å². The second-order valence-electron chi connectivity index (χ2n) is 4.91. The summed E-state index contributed by atoms with van der Waals surface area (Å²) in [4.78, 5) is 13.1. The predicted octanol–water partition coefficient (Wildman–Crippen LogP) is 3.06. The lowest BCUT2D eigenvalue weighted by molar-refractivity contribution is -0.139. The summed E-state index contributed by atoms with van der Waals surface area (Å²) in [5.41, 5.74) is 3.23. The number of halogens is 1. The SMILES string of the molecule is CC(=O)OC/C=C/c1c(N2CCOCC2)ccc(Cl)c1C. The fourth-order valence-electron chi connectivity index (χ4n) is 2.31. The van der Waals surface area contributed by atoms with Gasteiger partial charge in [0.05, 0.1) is 13.2 Å². The summed E-state index contributed by atoms with van der Waals surface area (Å²) in [5, 5.41) is 0.735. The Kier molecular flexibility index (Phi) is 5.65. The third kappa shape index (κ3) is 4.22. The van der Waals surface area contributed by atoms with Gasteiger partial charge in [-0.05, 0) is 30.7 Å². The Bertz CT molecular complexity index is 537. The molecule has 0 atom stereocenters. The van der Waals surface area contributed by atoms with Gasteiger partial charge in [0.2, 0.25) is 0 Å².